The summed E-state index contributed by atoms with van der Waals surface area (Å²) in [6, 6.07) is 3.93. The number of carbonyl (C=O) groups is 2. The zero-order chi connectivity index (χ0) is 17.0. The molecule has 1 saturated carbocycles. The molecule has 1 aliphatic carbocycles. The van der Waals surface area contributed by atoms with E-state index in [2.05, 4.69) is 10.6 Å². The number of hydrogen-bond donors (Lipinski definition) is 3. The van der Waals surface area contributed by atoms with Gasteiger partial charge in [0, 0.05) is 12.2 Å². The molecular weight excluding hydrogens is 292 g/mol. The van der Waals surface area contributed by atoms with Crippen molar-refractivity contribution >= 4 is 17.5 Å². The summed E-state index contributed by atoms with van der Waals surface area (Å²) in [4.78, 5) is 24.1. The van der Waals surface area contributed by atoms with Crippen molar-refractivity contribution in [3.63, 3.8) is 0 Å². The number of aryl methyl sites for hydroxylation is 3. The lowest BCUT2D eigenvalue weighted by Crippen LogP contribution is -2.47. The van der Waals surface area contributed by atoms with Gasteiger partial charge in [-0.05, 0) is 44.7 Å². The van der Waals surface area contributed by atoms with Gasteiger partial charge in [0.2, 0.25) is 0 Å². The Balaban J connectivity index is 1.94. The normalized spacial score (nSPS) is 16.7. The highest BCUT2D eigenvalue weighted by atomic mass is 16.3. The van der Waals surface area contributed by atoms with Gasteiger partial charge < -0.3 is 15.7 Å². The molecule has 2 amide bonds. The van der Waals surface area contributed by atoms with E-state index < -0.39 is 17.4 Å². The highest BCUT2D eigenvalue weighted by Crippen LogP contribution is 2.27. The van der Waals surface area contributed by atoms with E-state index in [0.717, 1.165) is 36.0 Å². The number of carbonyl (C=O) groups excluding carboxylic acids is 2. The van der Waals surface area contributed by atoms with E-state index in [1.54, 1.807) is 0 Å². The maximum absolute atomic E-state index is 12.1. The van der Waals surface area contributed by atoms with E-state index in [0.29, 0.717) is 18.5 Å². The minimum absolute atomic E-state index is 0.130. The Hall–Kier alpha value is -1.88. The standard InChI is InChI=1S/C18H26N2O3/c1-12-9-13(2)15(14(3)10-12)20-17(22)16(21)19-11-18(23)7-5-4-6-8-18/h9-10,23H,4-8,11H2,1-3H3,(H,19,21)(H,20,22). The molecule has 0 heterocycles. The molecule has 2 rings (SSSR count). The zero-order valence-electron chi connectivity index (χ0n) is 14.2. The van der Waals surface area contributed by atoms with E-state index >= 15 is 0 Å². The van der Waals surface area contributed by atoms with Crippen molar-refractivity contribution in [1.29, 1.82) is 0 Å². The first-order chi connectivity index (χ1) is 10.8. The van der Waals surface area contributed by atoms with Gasteiger partial charge >= 0.3 is 11.8 Å². The predicted octanol–water partition coefficient (Wildman–Crippen LogP) is 2.36. The van der Waals surface area contributed by atoms with Crippen LogP contribution < -0.4 is 10.6 Å². The summed E-state index contributed by atoms with van der Waals surface area (Å²) in [6.07, 6.45) is 4.37. The molecule has 1 aromatic rings. The molecule has 1 aromatic carbocycles. The maximum atomic E-state index is 12.1. The molecule has 1 aliphatic rings. The molecular formula is C18H26N2O3. The van der Waals surface area contributed by atoms with Gasteiger partial charge in [-0.2, -0.15) is 0 Å². The molecule has 0 spiro atoms. The van der Waals surface area contributed by atoms with Crippen LogP contribution in [-0.4, -0.2) is 29.1 Å². The smallest absolute Gasteiger partial charge is 0.313 e. The van der Waals surface area contributed by atoms with E-state index in [1.165, 1.54) is 0 Å². The van der Waals surface area contributed by atoms with Crippen LogP contribution in [0.1, 0.15) is 48.8 Å². The number of hydrogen-bond acceptors (Lipinski definition) is 3. The highest BCUT2D eigenvalue weighted by Gasteiger charge is 2.30. The molecule has 0 aromatic heterocycles. The third-order valence-corrected chi connectivity index (χ3v) is 4.48. The molecule has 0 saturated heterocycles. The Morgan fingerprint density at radius 1 is 1.04 bits per heavy atom. The fourth-order valence-corrected chi connectivity index (χ4v) is 3.26. The first kappa shape index (κ1) is 17.5. The van der Waals surface area contributed by atoms with Gasteiger partial charge in [-0.3, -0.25) is 9.59 Å². The predicted molar refractivity (Wildman–Crippen MR) is 90.3 cm³/mol. The summed E-state index contributed by atoms with van der Waals surface area (Å²) in [5.41, 5.74) is 2.77. The van der Waals surface area contributed by atoms with Gasteiger partial charge in [0.25, 0.3) is 0 Å². The zero-order valence-corrected chi connectivity index (χ0v) is 14.2. The molecule has 0 atom stereocenters. The van der Waals surface area contributed by atoms with Gasteiger partial charge in [-0.15, -0.1) is 0 Å². The van der Waals surface area contributed by atoms with Crippen LogP contribution in [0.5, 0.6) is 0 Å². The molecule has 0 unspecified atom stereocenters. The van der Waals surface area contributed by atoms with Crippen molar-refractivity contribution in [3.05, 3.63) is 28.8 Å². The summed E-state index contributed by atoms with van der Waals surface area (Å²) in [5.74, 6) is -1.40. The summed E-state index contributed by atoms with van der Waals surface area (Å²) in [7, 11) is 0. The van der Waals surface area contributed by atoms with Crippen LogP contribution in [0.3, 0.4) is 0 Å². The average Bonchev–Trinajstić information content (AvgIpc) is 2.49. The summed E-state index contributed by atoms with van der Waals surface area (Å²) in [6.45, 7) is 5.92. The molecule has 0 bridgehead atoms. The van der Waals surface area contributed by atoms with Crippen molar-refractivity contribution in [1.82, 2.24) is 5.32 Å². The molecule has 5 heteroatoms. The molecule has 23 heavy (non-hydrogen) atoms. The van der Waals surface area contributed by atoms with E-state index in [1.807, 2.05) is 32.9 Å². The SMILES string of the molecule is Cc1cc(C)c(NC(=O)C(=O)NCC2(O)CCCCC2)c(C)c1. The third kappa shape index (κ3) is 4.55. The topological polar surface area (TPSA) is 78.4 Å². The van der Waals surface area contributed by atoms with Crippen molar-refractivity contribution in [3.8, 4) is 0 Å². The Kier molecular flexibility index (Phi) is 5.42. The number of amides is 2. The van der Waals surface area contributed by atoms with E-state index in [-0.39, 0.29) is 6.54 Å². The van der Waals surface area contributed by atoms with Crippen molar-refractivity contribution in [2.45, 2.75) is 58.5 Å². The van der Waals surface area contributed by atoms with E-state index in [4.69, 9.17) is 0 Å². The number of aliphatic hydroxyl groups is 1. The average molecular weight is 318 g/mol. The van der Waals surface area contributed by atoms with Gasteiger partial charge in [0.05, 0.1) is 5.60 Å². The van der Waals surface area contributed by atoms with Crippen LogP contribution in [0.4, 0.5) is 5.69 Å². The monoisotopic (exact) mass is 318 g/mol. The van der Waals surface area contributed by atoms with Crippen LogP contribution in [0, 0.1) is 20.8 Å². The lowest BCUT2D eigenvalue weighted by Gasteiger charge is -2.31. The second-order valence-corrected chi connectivity index (χ2v) is 6.70. The minimum Gasteiger partial charge on any atom is -0.388 e. The van der Waals surface area contributed by atoms with Gasteiger partial charge in [0.15, 0.2) is 0 Å². The van der Waals surface area contributed by atoms with Crippen LogP contribution in [0.25, 0.3) is 0 Å². The second kappa shape index (κ2) is 7.13. The van der Waals surface area contributed by atoms with Crippen LogP contribution in [0.15, 0.2) is 12.1 Å². The number of nitrogens with one attached hydrogen (secondary N) is 2. The van der Waals surface area contributed by atoms with Crippen LogP contribution in [-0.2, 0) is 9.59 Å². The quantitative estimate of drug-likeness (QED) is 0.749. The minimum atomic E-state index is -0.871. The van der Waals surface area contributed by atoms with Gasteiger partial charge in [0.1, 0.15) is 0 Å². The first-order valence-corrected chi connectivity index (χ1v) is 8.20. The van der Waals surface area contributed by atoms with Crippen molar-refractivity contribution in [2.24, 2.45) is 0 Å². The lowest BCUT2D eigenvalue weighted by molar-refractivity contribution is -0.137. The molecule has 0 radical (unpaired) electrons. The van der Waals surface area contributed by atoms with Gasteiger partial charge in [-0.25, -0.2) is 0 Å². The van der Waals surface area contributed by atoms with Crippen LogP contribution in [0.2, 0.25) is 0 Å². The Labute approximate surface area is 137 Å². The second-order valence-electron chi connectivity index (χ2n) is 6.70. The maximum Gasteiger partial charge on any atom is 0.313 e. The Morgan fingerprint density at radius 3 is 2.17 bits per heavy atom. The van der Waals surface area contributed by atoms with Crippen molar-refractivity contribution < 1.29 is 14.7 Å². The summed E-state index contributed by atoms with van der Waals surface area (Å²) in [5, 5.41) is 15.6. The Bertz CT molecular complexity index is 581. The molecule has 0 aliphatic heterocycles. The summed E-state index contributed by atoms with van der Waals surface area (Å²) >= 11 is 0. The number of rotatable bonds is 3. The molecule has 1 fully saturated rings. The largest absolute Gasteiger partial charge is 0.388 e. The third-order valence-electron chi connectivity index (χ3n) is 4.48. The molecule has 3 N–H and O–H groups in total. The fourth-order valence-electron chi connectivity index (χ4n) is 3.26. The highest BCUT2D eigenvalue weighted by molar-refractivity contribution is 6.39. The van der Waals surface area contributed by atoms with Crippen LogP contribution >= 0.6 is 0 Å². The molecule has 126 valence electrons. The lowest BCUT2D eigenvalue weighted by atomic mass is 9.85. The van der Waals surface area contributed by atoms with Gasteiger partial charge in [-0.1, -0.05) is 37.0 Å². The Morgan fingerprint density at radius 2 is 1.61 bits per heavy atom. The molecule has 5 nitrogen and oxygen atoms in total. The van der Waals surface area contributed by atoms with E-state index in [9.17, 15) is 14.7 Å². The fraction of sp³-hybridized carbons (Fsp3) is 0.556. The summed E-state index contributed by atoms with van der Waals surface area (Å²) < 4.78 is 0. The first-order valence-electron chi connectivity index (χ1n) is 8.20. The van der Waals surface area contributed by atoms with Crippen molar-refractivity contribution in [2.75, 3.05) is 11.9 Å². The number of anilines is 1. The number of benzene rings is 1.